The molecule has 0 saturated heterocycles. The minimum Gasteiger partial charge on any atom is -0.496 e. The minimum atomic E-state index is 0. The Hall–Kier alpha value is -1.84. The molecule has 2 aromatic rings. The van der Waals surface area contributed by atoms with Crippen molar-refractivity contribution < 1.29 is 4.74 Å². The van der Waals surface area contributed by atoms with Crippen LogP contribution in [0.3, 0.4) is 0 Å². The molecular formula is C17H27IN6O. The van der Waals surface area contributed by atoms with Crippen LogP contribution in [0.5, 0.6) is 5.75 Å². The lowest BCUT2D eigenvalue weighted by molar-refractivity contribution is 0.409. The van der Waals surface area contributed by atoms with Gasteiger partial charge in [-0.2, -0.15) is 0 Å². The Bertz CT molecular complexity index is 658. The van der Waals surface area contributed by atoms with Crippen LogP contribution >= 0.6 is 24.0 Å². The molecule has 0 radical (unpaired) electrons. The maximum Gasteiger partial charge on any atom is 0.191 e. The Morgan fingerprint density at radius 2 is 2.04 bits per heavy atom. The molecule has 1 heterocycles. The monoisotopic (exact) mass is 458 g/mol. The van der Waals surface area contributed by atoms with Gasteiger partial charge in [0.2, 0.25) is 0 Å². The van der Waals surface area contributed by atoms with E-state index in [2.05, 4.69) is 38.8 Å². The van der Waals surface area contributed by atoms with E-state index >= 15 is 0 Å². The maximum atomic E-state index is 5.38. The van der Waals surface area contributed by atoms with Crippen LogP contribution in [0.1, 0.15) is 25.2 Å². The summed E-state index contributed by atoms with van der Waals surface area (Å²) in [6.07, 6.45) is 2.59. The molecule has 0 saturated carbocycles. The summed E-state index contributed by atoms with van der Waals surface area (Å²) in [4.78, 5) is 4.58. The van der Waals surface area contributed by atoms with Crippen molar-refractivity contribution >= 4 is 29.9 Å². The first-order valence-electron chi connectivity index (χ1n) is 8.29. The van der Waals surface area contributed by atoms with Crippen LogP contribution in [0.4, 0.5) is 0 Å². The van der Waals surface area contributed by atoms with Gasteiger partial charge >= 0.3 is 0 Å². The predicted molar refractivity (Wildman–Crippen MR) is 111 cm³/mol. The number of aryl methyl sites for hydroxylation is 1. The van der Waals surface area contributed by atoms with Gasteiger partial charge in [-0.1, -0.05) is 18.2 Å². The molecule has 0 unspecified atom stereocenters. The number of hydrogen-bond donors (Lipinski definition) is 2. The van der Waals surface area contributed by atoms with E-state index in [4.69, 9.17) is 4.74 Å². The van der Waals surface area contributed by atoms with Gasteiger partial charge in [-0.25, -0.2) is 4.99 Å². The van der Waals surface area contributed by atoms with Crippen molar-refractivity contribution in [1.29, 1.82) is 0 Å². The second-order valence-electron chi connectivity index (χ2n) is 5.22. The number of nitrogens with zero attached hydrogens (tertiary/aromatic N) is 4. The van der Waals surface area contributed by atoms with Gasteiger partial charge in [-0.05, 0) is 31.9 Å². The molecule has 25 heavy (non-hydrogen) atoms. The molecule has 0 spiro atoms. The van der Waals surface area contributed by atoms with Gasteiger partial charge in [0.1, 0.15) is 18.6 Å². The summed E-state index contributed by atoms with van der Waals surface area (Å²) < 4.78 is 7.37. The number of ether oxygens (including phenoxy) is 1. The molecule has 7 nitrogen and oxygen atoms in total. The van der Waals surface area contributed by atoms with E-state index in [0.717, 1.165) is 43.6 Å². The van der Waals surface area contributed by atoms with Crippen LogP contribution in [0.2, 0.25) is 0 Å². The normalized spacial score (nSPS) is 10.9. The van der Waals surface area contributed by atoms with E-state index in [-0.39, 0.29) is 24.0 Å². The smallest absolute Gasteiger partial charge is 0.191 e. The fourth-order valence-electron chi connectivity index (χ4n) is 2.38. The summed E-state index contributed by atoms with van der Waals surface area (Å²) in [5.74, 6) is 2.55. The minimum absolute atomic E-state index is 0. The third-order valence-electron chi connectivity index (χ3n) is 3.64. The summed E-state index contributed by atoms with van der Waals surface area (Å²) in [7, 11) is 1.70. The molecule has 0 aliphatic heterocycles. The van der Waals surface area contributed by atoms with Gasteiger partial charge < -0.3 is 19.9 Å². The highest BCUT2D eigenvalue weighted by atomic mass is 127. The van der Waals surface area contributed by atoms with Gasteiger partial charge in [0, 0.05) is 19.6 Å². The Labute approximate surface area is 166 Å². The molecule has 0 atom stereocenters. The lowest BCUT2D eigenvalue weighted by atomic mass is 10.1. The van der Waals surface area contributed by atoms with Crippen LogP contribution in [-0.4, -0.2) is 40.9 Å². The fourth-order valence-corrected chi connectivity index (χ4v) is 2.38. The molecule has 0 bridgehead atoms. The lowest BCUT2D eigenvalue weighted by Gasteiger charge is -2.12. The summed E-state index contributed by atoms with van der Waals surface area (Å²) in [5.41, 5.74) is 1.18. The van der Waals surface area contributed by atoms with E-state index in [9.17, 15) is 0 Å². The third-order valence-corrected chi connectivity index (χ3v) is 3.64. The van der Waals surface area contributed by atoms with E-state index in [1.807, 2.05) is 29.7 Å². The summed E-state index contributed by atoms with van der Waals surface area (Å²) in [6, 6.07) is 8.06. The van der Waals surface area contributed by atoms with E-state index < -0.39 is 0 Å². The Morgan fingerprint density at radius 1 is 1.24 bits per heavy atom. The third kappa shape index (κ3) is 6.52. The number of benzene rings is 1. The van der Waals surface area contributed by atoms with Gasteiger partial charge in [0.15, 0.2) is 11.8 Å². The molecule has 0 aliphatic rings. The van der Waals surface area contributed by atoms with Crippen LogP contribution in [0, 0.1) is 0 Å². The number of methoxy groups -OCH3 is 1. The van der Waals surface area contributed by atoms with Gasteiger partial charge in [-0.3, -0.25) is 0 Å². The molecule has 138 valence electrons. The Balaban J connectivity index is 0.00000312. The predicted octanol–water partition coefficient (Wildman–Crippen LogP) is 2.22. The molecule has 2 rings (SSSR count). The second-order valence-corrected chi connectivity index (χ2v) is 5.22. The number of guanidine groups is 1. The zero-order chi connectivity index (χ0) is 17.2. The zero-order valence-electron chi connectivity index (χ0n) is 15.0. The van der Waals surface area contributed by atoms with Gasteiger partial charge in [0.25, 0.3) is 0 Å². The molecule has 1 aromatic carbocycles. The molecule has 0 aliphatic carbocycles. The maximum absolute atomic E-state index is 5.38. The van der Waals surface area contributed by atoms with Crippen LogP contribution in [0.25, 0.3) is 0 Å². The SMILES string of the molecule is CCNC(=NCc1nncn1CC)NCCc1ccccc1OC.I. The number of aliphatic imine (C=N–C) groups is 1. The topological polar surface area (TPSA) is 76.4 Å². The lowest BCUT2D eigenvalue weighted by Crippen LogP contribution is -2.38. The first kappa shape index (κ1) is 21.2. The largest absolute Gasteiger partial charge is 0.496 e. The molecule has 0 amide bonds. The number of para-hydroxylation sites is 1. The van der Waals surface area contributed by atoms with Crippen molar-refractivity contribution in [2.45, 2.75) is 33.4 Å². The number of nitrogens with one attached hydrogen (secondary N) is 2. The summed E-state index contributed by atoms with van der Waals surface area (Å²) in [6.45, 7) is 7.03. The fraction of sp³-hybridized carbons (Fsp3) is 0.471. The van der Waals surface area contributed by atoms with Crippen molar-refractivity contribution in [1.82, 2.24) is 25.4 Å². The highest BCUT2D eigenvalue weighted by Gasteiger charge is 2.04. The van der Waals surface area contributed by atoms with Crippen LogP contribution in [0.15, 0.2) is 35.6 Å². The molecule has 2 N–H and O–H groups in total. The molecule has 1 aromatic heterocycles. The van der Waals surface area contributed by atoms with Crippen molar-refractivity contribution in [2.75, 3.05) is 20.2 Å². The number of rotatable bonds is 8. The van der Waals surface area contributed by atoms with E-state index in [1.165, 1.54) is 5.56 Å². The van der Waals surface area contributed by atoms with Gasteiger partial charge in [0.05, 0.1) is 7.11 Å². The second kappa shape index (κ2) is 11.7. The summed E-state index contributed by atoms with van der Waals surface area (Å²) in [5, 5.41) is 14.6. The van der Waals surface area contributed by atoms with Crippen molar-refractivity contribution in [3.05, 3.63) is 42.0 Å². The van der Waals surface area contributed by atoms with E-state index in [1.54, 1.807) is 13.4 Å². The summed E-state index contributed by atoms with van der Waals surface area (Å²) >= 11 is 0. The Morgan fingerprint density at radius 3 is 2.76 bits per heavy atom. The molecular weight excluding hydrogens is 431 g/mol. The van der Waals surface area contributed by atoms with Crippen LogP contribution < -0.4 is 15.4 Å². The van der Waals surface area contributed by atoms with Crippen molar-refractivity contribution in [2.24, 2.45) is 4.99 Å². The van der Waals surface area contributed by atoms with E-state index in [0.29, 0.717) is 6.54 Å². The number of aromatic nitrogens is 3. The standard InChI is InChI=1S/C17H26N6O.HI/c1-4-18-17(20-12-16-22-21-13-23(16)5-2)19-11-10-14-8-6-7-9-15(14)24-3;/h6-9,13H,4-5,10-12H2,1-3H3,(H2,18,19,20);1H. The number of hydrogen-bond acceptors (Lipinski definition) is 4. The quantitative estimate of drug-likeness (QED) is 0.361. The first-order chi connectivity index (χ1) is 11.8. The highest BCUT2D eigenvalue weighted by molar-refractivity contribution is 14.0. The Kier molecular flexibility index (Phi) is 9.90. The van der Waals surface area contributed by atoms with Gasteiger partial charge in [-0.15, -0.1) is 34.2 Å². The average Bonchev–Trinajstić information content (AvgIpc) is 3.07. The molecule has 0 fully saturated rings. The highest BCUT2D eigenvalue weighted by Crippen LogP contribution is 2.17. The van der Waals surface area contributed by atoms with Crippen molar-refractivity contribution in [3.8, 4) is 5.75 Å². The average molecular weight is 458 g/mol. The zero-order valence-corrected chi connectivity index (χ0v) is 17.4. The number of halogens is 1. The molecule has 8 heteroatoms. The first-order valence-corrected chi connectivity index (χ1v) is 8.29. The van der Waals surface area contributed by atoms with Crippen LogP contribution in [-0.2, 0) is 19.5 Å². The van der Waals surface area contributed by atoms with Crippen molar-refractivity contribution in [3.63, 3.8) is 0 Å².